The first-order chi connectivity index (χ1) is 7.77. The molecule has 2 aromatic rings. The minimum Gasteiger partial charge on any atom is -0.339 e. The van der Waals surface area contributed by atoms with Crippen LogP contribution >= 0.6 is 0 Å². The van der Waals surface area contributed by atoms with Gasteiger partial charge in [-0.15, -0.1) is 0 Å². The number of aromatic nitrogens is 3. The van der Waals surface area contributed by atoms with Gasteiger partial charge >= 0.3 is 0 Å². The molecule has 0 aliphatic heterocycles. The summed E-state index contributed by atoms with van der Waals surface area (Å²) in [5.41, 5.74) is 1.36. The zero-order valence-electron chi connectivity index (χ0n) is 9.42. The van der Waals surface area contributed by atoms with Crippen LogP contribution in [0.15, 0.2) is 24.8 Å². The van der Waals surface area contributed by atoms with Crippen molar-refractivity contribution in [1.82, 2.24) is 19.5 Å². The predicted octanol–water partition coefficient (Wildman–Crippen LogP) is 1.21. The molecule has 0 radical (unpaired) electrons. The second-order valence-corrected chi connectivity index (χ2v) is 3.44. The largest absolute Gasteiger partial charge is 0.339 e. The van der Waals surface area contributed by atoms with Crippen molar-refractivity contribution < 1.29 is 4.79 Å². The lowest BCUT2D eigenvalue weighted by Crippen LogP contribution is -2.30. The lowest BCUT2D eigenvalue weighted by atomic mass is 10.2. The Morgan fingerprint density at radius 3 is 2.81 bits per heavy atom. The van der Waals surface area contributed by atoms with Gasteiger partial charge in [0.2, 0.25) is 0 Å². The molecule has 2 heterocycles. The Balaban J connectivity index is 2.43. The Kier molecular flexibility index (Phi) is 2.85. The van der Waals surface area contributed by atoms with E-state index < -0.39 is 0 Å². The van der Waals surface area contributed by atoms with Crippen molar-refractivity contribution in [2.45, 2.75) is 13.8 Å². The molecule has 0 saturated carbocycles. The molecule has 5 nitrogen and oxygen atoms in total. The number of amides is 1. The molecule has 2 aromatic heterocycles. The van der Waals surface area contributed by atoms with E-state index in [4.69, 9.17) is 0 Å². The second kappa shape index (κ2) is 4.30. The van der Waals surface area contributed by atoms with Gasteiger partial charge in [-0.05, 0) is 13.8 Å². The van der Waals surface area contributed by atoms with E-state index in [0.717, 1.165) is 5.52 Å². The van der Waals surface area contributed by atoms with Gasteiger partial charge in [-0.1, -0.05) is 0 Å². The quantitative estimate of drug-likeness (QED) is 0.778. The third kappa shape index (κ3) is 1.64. The lowest BCUT2D eigenvalue weighted by Gasteiger charge is -2.17. The molecule has 1 amide bonds. The van der Waals surface area contributed by atoms with Gasteiger partial charge in [0.15, 0.2) is 0 Å². The van der Waals surface area contributed by atoms with Crippen LogP contribution in [0.2, 0.25) is 0 Å². The van der Waals surface area contributed by atoms with Crippen LogP contribution in [0.4, 0.5) is 0 Å². The molecule has 0 aliphatic rings. The number of hydrogen-bond donors (Lipinski definition) is 0. The van der Waals surface area contributed by atoms with E-state index in [2.05, 4.69) is 10.1 Å². The summed E-state index contributed by atoms with van der Waals surface area (Å²) >= 11 is 0. The minimum absolute atomic E-state index is 0.00741. The number of nitrogens with zero attached hydrogens (tertiary/aromatic N) is 4. The Morgan fingerprint density at radius 1 is 1.38 bits per heavy atom. The van der Waals surface area contributed by atoms with E-state index in [0.29, 0.717) is 18.7 Å². The standard InChI is InChI=1S/C11H14N4O/c1-3-14(4-2)11(16)9-7-13-15-6-5-12-8-10(9)15/h5-8H,3-4H2,1-2H3. The summed E-state index contributed by atoms with van der Waals surface area (Å²) < 4.78 is 1.66. The molecule has 0 N–H and O–H groups in total. The van der Waals surface area contributed by atoms with Crippen molar-refractivity contribution in [3.05, 3.63) is 30.4 Å². The van der Waals surface area contributed by atoms with Crippen molar-refractivity contribution in [1.29, 1.82) is 0 Å². The average molecular weight is 218 g/mol. The van der Waals surface area contributed by atoms with Gasteiger partial charge < -0.3 is 4.90 Å². The number of hydrogen-bond acceptors (Lipinski definition) is 3. The smallest absolute Gasteiger partial charge is 0.257 e. The number of carbonyl (C=O) groups is 1. The number of carbonyl (C=O) groups excluding carboxylic acids is 1. The highest BCUT2D eigenvalue weighted by Crippen LogP contribution is 2.11. The highest BCUT2D eigenvalue weighted by Gasteiger charge is 2.17. The van der Waals surface area contributed by atoms with Crippen LogP contribution in [-0.2, 0) is 0 Å². The Morgan fingerprint density at radius 2 is 2.12 bits per heavy atom. The summed E-state index contributed by atoms with van der Waals surface area (Å²) in [4.78, 5) is 17.9. The lowest BCUT2D eigenvalue weighted by molar-refractivity contribution is 0.0775. The molecule has 0 fully saturated rings. The molecule has 0 bridgehead atoms. The molecule has 0 aromatic carbocycles. The Hall–Kier alpha value is -1.91. The SMILES string of the molecule is CCN(CC)C(=O)c1cnn2ccncc12. The molecule has 5 heteroatoms. The zero-order valence-corrected chi connectivity index (χ0v) is 9.42. The van der Waals surface area contributed by atoms with Gasteiger partial charge in [0, 0.05) is 25.5 Å². The van der Waals surface area contributed by atoms with Crippen molar-refractivity contribution in [2.75, 3.05) is 13.1 Å². The molecular weight excluding hydrogens is 204 g/mol. The van der Waals surface area contributed by atoms with Crippen molar-refractivity contribution in [3.8, 4) is 0 Å². The summed E-state index contributed by atoms with van der Waals surface area (Å²) in [5.74, 6) is 0.00741. The second-order valence-electron chi connectivity index (χ2n) is 3.44. The van der Waals surface area contributed by atoms with E-state index in [1.807, 2.05) is 13.8 Å². The van der Waals surface area contributed by atoms with Gasteiger partial charge in [0.05, 0.1) is 23.5 Å². The first-order valence-corrected chi connectivity index (χ1v) is 5.34. The fraction of sp³-hybridized carbons (Fsp3) is 0.364. The third-order valence-corrected chi connectivity index (χ3v) is 2.61. The molecule has 2 rings (SSSR count). The summed E-state index contributed by atoms with van der Waals surface area (Å²) in [6.45, 7) is 5.33. The van der Waals surface area contributed by atoms with Gasteiger partial charge in [-0.2, -0.15) is 5.10 Å². The monoisotopic (exact) mass is 218 g/mol. The van der Waals surface area contributed by atoms with Crippen LogP contribution in [-0.4, -0.2) is 38.5 Å². The van der Waals surface area contributed by atoms with Crippen LogP contribution in [0.1, 0.15) is 24.2 Å². The molecule has 0 spiro atoms. The third-order valence-electron chi connectivity index (χ3n) is 2.61. The molecule has 0 unspecified atom stereocenters. The Labute approximate surface area is 93.7 Å². The molecule has 0 aliphatic carbocycles. The summed E-state index contributed by atoms with van der Waals surface area (Å²) in [6.07, 6.45) is 6.63. The maximum Gasteiger partial charge on any atom is 0.257 e. The fourth-order valence-corrected chi connectivity index (χ4v) is 1.68. The van der Waals surface area contributed by atoms with E-state index in [-0.39, 0.29) is 5.91 Å². The van der Waals surface area contributed by atoms with Gasteiger partial charge in [0.25, 0.3) is 5.91 Å². The predicted molar refractivity (Wildman–Crippen MR) is 60.2 cm³/mol. The van der Waals surface area contributed by atoms with E-state index in [1.54, 1.807) is 34.2 Å². The van der Waals surface area contributed by atoms with Crippen LogP contribution in [0.5, 0.6) is 0 Å². The molecule has 0 saturated heterocycles. The zero-order chi connectivity index (χ0) is 11.5. The van der Waals surface area contributed by atoms with E-state index in [9.17, 15) is 4.79 Å². The van der Waals surface area contributed by atoms with Crippen molar-refractivity contribution >= 4 is 11.4 Å². The minimum atomic E-state index is 0.00741. The molecule has 16 heavy (non-hydrogen) atoms. The first-order valence-electron chi connectivity index (χ1n) is 5.34. The van der Waals surface area contributed by atoms with Gasteiger partial charge in [-0.25, -0.2) is 4.52 Å². The van der Waals surface area contributed by atoms with Crippen molar-refractivity contribution in [3.63, 3.8) is 0 Å². The maximum atomic E-state index is 12.1. The topological polar surface area (TPSA) is 50.5 Å². The first kappa shape index (κ1) is 10.6. The van der Waals surface area contributed by atoms with Crippen LogP contribution in [0, 0.1) is 0 Å². The molecule has 84 valence electrons. The summed E-state index contributed by atoms with van der Waals surface area (Å²) in [7, 11) is 0. The summed E-state index contributed by atoms with van der Waals surface area (Å²) in [5, 5.41) is 4.12. The van der Waals surface area contributed by atoms with Crippen LogP contribution in [0.3, 0.4) is 0 Å². The highest BCUT2D eigenvalue weighted by atomic mass is 16.2. The van der Waals surface area contributed by atoms with Gasteiger partial charge in [0.1, 0.15) is 0 Å². The van der Waals surface area contributed by atoms with E-state index >= 15 is 0 Å². The Bertz CT molecular complexity index is 501. The van der Waals surface area contributed by atoms with Crippen LogP contribution in [0.25, 0.3) is 5.52 Å². The normalized spacial score (nSPS) is 10.6. The fourth-order valence-electron chi connectivity index (χ4n) is 1.68. The molecular formula is C11H14N4O. The van der Waals surface area contributed by atoms with Gasteiger partial charge in [-0.3, -0.25) is 9.78 Å². The highest BCUT2D eigenvalue weighted by molar-refractivity contribution is 6.00. The van der Waals surface area contributed by atoms with Crippen LogP contribution < -0.4 is 0 Å². The van der Waals surface area contributed by atoms with Crippen molar-refractivity contribution in [2.24, 2.45) is 0 Å². The maximum absolute atomic E-state index is 12.1. The molecule has 0 atom stereocenters. The van der Waals surface area contributed by atoms with E-state index in [1.165, 1.54) is 0 Å². The number of rotatable bonds is 3. The number of fused-ring (bicyclic) bond motifs is 1. The summed E-state index contributed by atoms with van der Waals surface area (Å²) in [6, 6.07) is 0. The average Bonchev–Trinajstić information content (AvgIpc) is 2.74.